The van der Waals surface area contributed by atoms with Gasteiger partial charge in [0, 0.05) is 56.5 Å². The molecule has 29 heavy (non-hydrogen) atoms. The molecule has 1 N–H and O–H groups in total. The number of urea groups is 1. The number of benzene rings is 2. The zero-order chi connectivity index (χ0) is 21.0. The van der Waals surface area contributed by atoms with E-state index in [0.717, 1.165) is 0 Å². The van der Waals surface area contributed by atoms with Crippen molar-refractivity contribution in [3.05, 3.63) is 58.9 Å². The summed E-state index contributed by atoms with van der Waals surface area (Å²) in [5.41, 5.74) is 1.41. The predicted octanol–water partition coefficient (Wildman–Crippen LogP) is 3.93. The van der Waals surface area contributed by atoms with E-state index >= 15 is 0 Å². The molecule has 1 heterocycles. The molecule has 0 saturated carbocycles. The Morgan fingerprint density at radius 1 is 1.00 bits per heavy atom. The molecule has 8 heteroatoms. The number of carbonyl (C=O) groups excluding carboxylic acids is 2. The lowest BCUT2D eigenvalue weighted by atomic mass is 10.1. The molecule has 1 fully saturated rings. The summed E-state index contributed by atoms with van der Waals surface area (Å²) in [5.74, 6) is -0.659. The van der Waals surface area contributed by atoms with Crippen LogP contribution < -0.4 is 10.2 Å². The van der Waals surface area contributed by atoms with E-state index in [1.807, 2.05) is 0 Å². The van der Waals surface area contributed by atoms with Crippen molar-refractivity contribution in [1.82, 2.24) is 9.80 Å². The van der Waals surface area contributed by atoms with Gasteiger partial charge in [-0.2, -0.15) is 0 Å². The van der Waals surface area contributed by atoms with Gasteiger partial charge in [-0.25, -0.2) is 9.18 Å². The Balaban J connectivity index is 1.61. The topological polar surface area (TPSA) is 55.9 Å². The van der Waals surface area contributed by atoms with E-state index in [-0.39, 0.29) is 11.9 Å². The molecule has 2 aromatic carbocycles. The van der Waals surface area contributed by atoms with Crippen LogP contribution in [0.5, 0.6) is 0 Å². The van der Waals surface area contributed by atoms with Crippen LogP contribution in [-0.4, -0.2) is 62.0 Å². The molecule has 0 atom stereocenters. The van der Waals surface area contributed by atoms with Gasteiger partial charge >= 0.3 is 6.03 Å². The van der Waals surface area contributed by atoms with Gasteiger partial charge < -0.3 is 20.0 Å². The summed E-state index contributed by atoms with van der Waals surface area (Å²) in [7, 11) is 3.50. The fourth-order valence-corrected chi connectivity index (χ4v) is 3.37. The van der Waals surface area contributed by atoms with Crippen molar-refractivity contribution in [2.24, 2.45) is 0 Å². The number of nitrogens with one attached hydrogen (secondary N) is 1. The predicted molar refractivity (Wildman–Crippen MR) is 113 cm³/mol. The molecule has 1 aliphatic heterocycles. The van der Waals surface area contributed by atoms with E-state index in [0.29, 0.717) is 54.6 Å². The van der Waals surface area contributed by atoms with Crippen LogP contribution in [0, 0.1) is 5.82 Å². The molecule has 1 aliphatic rings. The number of hydrogen-bond acceptors (Lipinski definition) is 3. The molecule has 0 spiro atoms. The molecule has 6 nitrogen and oxygen atoms in total. The SMILES string of the molecule is CN(C)c1ccc(C(=O)N2CCCN(C(=O)Nc3ccc(Cl)cc3)CC2)cc1F. The molecule has 1 saturated heterocycles. The third kappa shape index (κ3) is 5.17. The second-order valence-corrected chi connectivity index (χ2v) is 7.57. The van der Waals surface area contributed by atoms with Crippen molar-refractivity contribution < 1.29 is 14.0 Å². The van der Waals surface area contributed by atoms with Crippen molar-refractivity contribution in [3.63, 3.8) is 0 Å². The zero-order valence-electron chi connectivity index (χ0n) is 16.5. The summed E-state index contributed by atoms with van der Waals surface area (Å²) in [6.45, 7) is 1.85. The van der Waals surface area contributed by atoms with Crippen LogP contribution in [-0.2, 0) is 0 Å². The molecule has 0 radical (unpaired) electrons. The average molecular weight is 419 g/mol. The van der Waals surface area contributed by atoms with Crippen LogP contribution in [0.2, 0.25) is 5.02 Å². The van der Waals surface area contributed by atoms with Crippen LogP contribution in [0.4, 0.5) is 20.6 Å². The van der Waals surface area contributed by atoms with E-state index in [1.54, 1.807) is 65.2 Å². The van der Waals surface area contributed by atoms with Gasteiger partial charge in [0.2, 0.25) is 0 Å². The summed E-state index contributed by atoms with van der Waals surface area (Å²) in [4.78, 5) is 30.3. The summed E-state index contributed by atoms with van der Waals surface area (Å²) in [6.07, 6.45) is 0.651. The molecular weight excluding hydrogens is 395 g/mol. The molecule has 154 valence electrons. The van der Waals surface area contributed by atoms with Crippen molar-refractivity contribution in [3.8, 4) is 0 Å². The maximum atomic E-state index is 14.2. The lowest BCUT2D eigenvalue weighted by molar-refractivity contribution is 0.0762. The third-order valence-corrected chi connectivity index (χ3v) is 5.09. The van der Waals surface area contributed by atoms with E-state index < -0.39 is 5.82 Å². The maximum absolute atomic E-state index is 14.2. The summed E-state index contributed by atoms with van der Waals surface area (Å²) in [5, 5.41) is 3.44. The van der Waals surface area contributed by atoms with Gasteiger partial charge in [0.05, 0.1) is 5.69 Å². The number of carbonyl (C=O) groups is 2. The van der Waals surface area contributed by atoms with Crippen molar-refractivity contribution in [2.45, 2.75) is 6.42 Å². The Hall–Kier alpha value is -2.80. The highest BCUT2D eigenvalue weighted by atomic mass is 35.5. The monoisotopic (exact) mass is 418 g/mol. The number of halogens is 2. The van der Waals surface area contributed by atoms with Crippen LogP contribution in [0.25, 0.3) is 0 Å². The van der Waals surface area contributed by atoms with E-state index in [4.69, 9.17) is 11.6 Å². The molecular formula is C21H24ClFN4O2. The first-order valence-electron chi connectivity index (χ1n) is 9.43. The largest absolute Gasteiger partial charge is 0.375 e. The molecule has 0 aliphatic carbocycles. The molecule has 0 aromatic heterocycles. The quantitative estimate of drug-likeness (QED) is 0.821. The second-order valence-electron chi connectivity index (χ2n) is 7.13. The Morgan fingerprint density at radius 3 is 2.31 bits per heavy atom. The highest BCUT2D eigenvalue weighted by Gasteiger charge is 2.23. The van der Waals surface area contributed by atoms with Gasteiger partial charge in [-0.1, -0.05) is 11.6 Å². The molecule has 3 amide bonds. The van der Waals surface area contributed by atoms with Crippen LogP contribution in [0.3, 0.4) is 0 Å². The minimum atomic E-state index is -0.431. The first kappa shape index (κ1) is 20.9. The average Bonchev–Trinajstić information content (AvgIpc) is 2.95. The minimum absolute atomic E-state index is 0.219. The van der Waals surface area contributed by atoms with E-state index in [1.165, 1.54) is 6.07 Å². The van der Waals surface area contributed by atoms with Gasteiger partial charge in [-0.05, 0) is 48.9 Å². The normalized spacial score (nSPS) is 14.3. The van der Waals surface area contributed by atoms with Crippen molar-refractivity contribution >= 4 is 34.9 Å². The Kier molecular flexibility index (Phi) is 6.59. The number of nitrogens with zero attached hydrogens (tertiary/aromatic N) is 3. The van der Waals surface area contributed by atoms with Crippen LogP contribution in [0.1, 0.15) is 16.8 Å². The zero-order valence-corrected chi connectivity index (χ0v) is 17.2. The van der Waals surface area contributed by atoms with E-state index in [9.17, 15) is 14.0 Å². The van der Waals surface area contributed by atoms with Gasteiger partial charge in [0.1, 0.15) is 5.82 Å². The lowest BCUT2D eigenvalue weighted by Gasteiger charge is -2.23. The van der Waals surface area contributed by atoms with Gasteiger partial charge in [-0.15, -0.1) is 0 Å². The molecule has 0 bridgehead atoms. The van der Waals surface area contributed by atoms with Crippen LogP contribution in [0.15, 0.2) is 42.5 Å². The Labute approximate surface area is 174 Å². The first-order valence-corrected chi connectivity index (χ1v) is 9.80. The summed E-state index contributed by atoms with van der Waals surface area (Å²) < 4.78 is 14.2. The van der Waals surface area contributed by atoms with Crippen molar-refractivity contribution in [2.75, 3.05) is 50.5 Å². The number of amides is 3. The Morgan fingerprint density at radius 2 is 1.66 bits per heavy atom. The Bertz CT molecular complexity index is 889. The van der Waals surface area contributed by atoms with Gasteiger partial charge in [0.15, 0.2) is 0 Å². The number of anilines is 2. The fourth-order valence-electron chi connectivity index (χ4n) is 3.24. The lowest BCUT2D eigenvalue weighted by Crippen LogP contribution is -2.39. The third-order valence-electron chi connectivity index (χ3n) is 4.84. The second kappa shape index (κ2) is 9.13. The van der Waals surface area contributed by atoms with E-state index in [2.05, 4.69) is 5.32 Å². The highest BCUT2D eigenvalue weighted by molar-refractivity contribution is 6.30. The fraction of sp³-hybridized carbons (Fsp3) is 0.333. The smallest absolute Gasteiger partial charge is 0.321 e. The van der Waals surface area contributed by atoms with Crippen LogP contribution >= 0.6 is 11.6 Å². The molecule has 2 aromatic rings. The first-order chi connectivity index (χ1) is 13.8. The minimum Gasteiger partial charge on any atom is -0.375 e. The van der Waals surface area contributed by atoms with Gasteiger partial charge in [0.25, 0.3) is 5.91 Å². The standard InChI is InChI=1S/C21H24ClFN4O2/c1-25(2)19-9-4-15(14-18(19)23)20(28)26-10-3-11-27(13-12-26)21(29)24-17-7-5-16(22)6-8-17/h4-9,14H,3,10-13H2,1-2H3,(H,24,29). The molecule has 3 rings (SSSR count). The number of hydrogen-bond donors (Lipinski definition) is 1. The van der Waals surface area contributed by atoms with Gasteiger partial charge in [-0.3, -0.25) is 4.79 Å². The van der Waals surface area contributed by atoms with Crippen molar-refractivity contribution in [1.29, 1.82) is 0 Å². The highest BCUT2D eigenvalue weighted by Crippen LogP contribution is 2.20. The maximum Gasteiger partial charge on any atom is 0.321 e. The summed E-state index contributed by atoms with van der Waals surface area (Å²) >= 11 is 5.86. The molecule has 0 unspecified atom stereocenters. The summed E-state index contributed by atoms with van der Waals surface area (Å²) in [6, 6.07) is 11.2. The number of rotatable bonds is 3.